The van der Waals surface area contributed by atoms with Gasteiger partial charge in [0, 0.05) is 18.2 Å². The molecule has 3 rings (SSSR count). The van der Waals surface area contributed by atoms with Gasteiger partial charge >= 0.3 is 0 Å². The largest absolute Gasteiger partial charge is 0.493 e. The average Bonchev–Trinajstić information content (AvgIpc) is 3.12. The summed E-state index contributed by atoms with van der Waals surface area (Å²) in [5.41, 5.74) is 2.09. The first-order chi connectivity index (χ1) is 10.7. The molecule has 2 aromatic rings. The third-order valence-corrected chi connectivity index (χ3v) is 3.63. The van der Waals surface area contributed by atoms with Crippen LogP contribution in [0.3, 0.4) is 0 Å². The Kier molecular flexibility index (Phi) is 4.00. The number of nitrogens with zero attached hydrogens (tertiary/aromatic N) is 1. The van der Waals surface area contributed by atoms with Gasteiger partial charge in [0.2, 0.25) is 5.91 Å². The van der Waals surface area contributed by atoms with Crippen molar-refractivity contribution in [2.45, 2.75) is 32.7 Å². The minimum atomic E-state index is -0.336. The van der Waals surface area contributed by atoms with Gasteiger partial charge in [0.15, 0.2) is 5.82 Å². The molecule has 1 aliphatic rings. The van der Waals surface area contributed by atoms with E-state index in [2.05, 4.69) is 15.8 Å². The van der Waals surface area contributed by atoms with Crippen LogP contribution in [0.2, 0.25) is 0 Å². The lowest BCUT2D eigenvalue weighted by molar-refractivity contribution is -0.117. The first-order valence-electron chi connectivity index (χ1n) is 7.42. The first kappa shape index (κ1) is 14.4. The molecule has 0 bridgehead atoms. The smallest absolute Gasteiger partial charge is 0.248 e. The highest BCUT2D eigenvalue weighted by Gasteiger charge is 2.19. The second-order valence-electron chi connectivity index (χ2n) is 5.34. The lowest BCUT2D eigenvalue weighted by Gasteiger charge is -2.17. The van der Waals surface area contributed by atoms with Crippen LogP contribution in [-0.4, -0.2) is 23.7 Å². The number of ether oxygens (including phenoxy) is 1. The van der Waals surface area contributed by atoms with Crippen LogP contribution in [0.1, 0.15) is 24.7 Å². The summed E-state index contributed by atoms with van der Waals surface area (Å²) in [4.78, 5) is 12.3. The maximum Gasteiger partial charge on any atom is 0.248 e. The van der Waals surface area contributed by atoms with E-state index in [1.54, 1.807) is 13.0 Å². The summed E-state index contributed by atoms with van der Waals surface area (Å²) in [6, 6.07) is 7.27. The van der Waals surface area contributed by atoms with Crippen molar-refractivity contribution in [3.05, 3.63) is 35.6 Å². The Labute approximate surface area is 128 Å². The van der Waals surface area contributed by atoms with Gasteiger partial charge in [-0.25, -0.2) is 0 Å². The van der Waals surface area contributed by atoms with E-state index in [1.807, 2.05) is 25.1 Å². The van der Waals surface area contributed by atoms with Crippen LogP contribution >= 0.6 is 0 Å². The molecular formula is C16H19N3O3. The Hall–Kier alpha value is -2.50. The predicted molar refractivity (Wildman–Crippen MR) is 83.2 cm³/mol. The minimum Gasteiger partial charge on any atom is -0.493 e. The number of anilines is 2. The fourth-order valence-corrected chi connectivity index (χ4v) is 2.47. The highest BCUT2D eigenvalue weighted by atomic mass is 16.5. The molecule has 0 unspecified atom stereocenters. The van der Waals surface area contributed by atoms with Crippen LogP contribution in [0, 0.1) is 6.92 Å². The van der Waals surface area contributed by atoms with E-state index < -0.39 is 0 Å². The van der Waals surface area contributed by atoms with Crippen LogP contribution in [0.15, 0.2) is 28.8 Å². The molecule has 1 atom stereocenters. The number of amides is 1. The molecule has 0 saturated heterocycles. The second-order valence-corrected chi connectivity index (χ2v) is 5.34. The normalized spacial score (nSPS) is 14.1. The van der Waals surface area contributed by atoms with Gasteiger partial charge in [-0.05, 0) is 37.1 Å². The van der Waals surface area contributed by atoms with Crippen LogP contribution < -0.4 is 15.4 Å². The minimum absolute atomic E-state index is 0.132. The molecule has 6 heteroatoms. The van der Waals surface area contributed by atoms with Crippen molar-refractivity contribution in [1.82, 2.24) is 5.16 Å². The number of aromatic nitrogens is 1. The maximum atomic E-state index is 12.3. The van der Waals surface area contributed by atoms with Gasteiger partial charge in [-0.1, -0.05) is 12.1 Å². The molecule has 0 aliphatic carbocycles. The quantitative estimate of drug-likeness (QED) is 0.888. The summed E-state index contributed by atoms with van der Waals surface area (Å²) >= 11 is 0. The molecule has 1 amide bonds. The fourth-order valence-electron chi connectivity index (χ4n) is 2.47. The zero-order valence-electron chi connectivity index (χ0n) is 12.7. The molecule has 1 aromatic carbocycles. The Morgan fingerprint density at radius 3 is 3.00 bits per heavy atom. The number of carbonyl (C=O) groups is 1. The van der Waals surface area contributed by atoms with Gasteiger partial charge in [-0.15, -0.1) is 0 Å². The van der Waals surface area contributed by atoms with E-state index in [0.717, 1.165) is 24.5 Å². The molecule has 22 heavy (non-hydrogen) atoms. The lowest BCUT2D eigenvalue weighted by atomic mass is 10.1. The van der Waals surface area contributed by atoms with E-state index in [0.29, 0.717) is 18.0 Å². The molecule has 116 valence electrons. The molecule has 1 aliphatic heterocycles. The zero-order chi connectivity index (χ0) is 15.5. The third kappa shape index (κ3) is 3.05. The number of carbonyl (C=O) groups excluding carboxylic acids is 1. The topological polar surface area (TPSA) is 76.4 Å². The molecular weight excluding hydrogens is 282 g/mol. The summed E-state index contributed by atoms with van der Waals surface area (Å²) in [6.45, 7) is 4.47. The lowest BCUT2D eigenvalue weighted by Crippen LogP contribution is -2.34. The highest BCUT2D eigenvalue weighted by Crippen LogP contribution is 2.28. The Balaban J connectivity index is 1.67. The van der Waals surface area contributed by atoms with Crippen molar-refractivity contribution in [3.63, 3.8) is 0 Å². The van der Waals surface area contributed by atoms with Crippen molar-refractivity contribution in [2.24, 2.45) is 0 Å². The zero-order valence-corrected chi connectivity index (χ0v) is 12.7. The summed E-state index contributed by atoms with van der Waals surface area (Å²) < 4.78 is 10.4. The number of rotatable bonds is 5. The molecule has 0 spiro atoms. The highest BCUT2D eigenvalue weighted by molar-refractivity contribution is 5.95. The van der Waals surface area contributed by atoms with E-state index >= 15 is 0 Å². The number of benzene rings is 1. The van der Waals surface area contributed by atoms with Gasteiger partial charge in [-0.3, -0.25) is 4.79 Å². The Morgan fingerprint density at radius 2 is 2.27 bits per heavy atom. The fraction of sp³-hybridized carbons (Fsp3) is 0.375. The van der Waals surface area contributed by atoms with Gasteiger partial charge in [-0.2, -0.15) is 0 Å². The first-order valence-corrected chi connectivity index (χ1v) is 7.42. The van der Waals surface area contributed by atoms with E-state index in [4.69, 9.17) is 9.26 Å². The Bertz CT molecular complexity index is 681. The molecule has 2 N–H and O–H groups in total. The van der Waals surface area contributed by atoms with E-state index in [1.165, 1.54) is 5.56 Å². The number of fused-ring (bicyclic) bond motifs is 1. The monoisotopic (exact) mass is 301 g/mol. The summed E-state index contributed by atoms with van der Waals surface area (Å²) in [6.07, 6.45) is 1.57. The van der Waals surface area contributed by atoms with Crippen molar-refractivity contribution >= 4 is 17.4 Å². The number of hydrogen-bond acceptors (Lipinski definition) is 5. The molecule has 0 saturated carbocycles. The van der Waals surface area contributed by atoms with Gasteiger partial charge in [0.05, 0.1) is 6.61 Å². The second kappa shape index (κ2) is 6.09. The standard InChI is InChI=1S/C16H19N3O3/c1-3-13(16(20)18-15-8-10(2)22-19-15)17-12-4-5-14-11(9-12)6-7-21-14/h4-5,8-9,13,17H,3,6-7H2,1-2H3,(H,18,19,20)/t13-/m1/s1. The van der Waals surface area contributed by atoms with Crippen LogP contribution in [0.25, 0.3) is 0 Å². The van der Waals surface area contributed by atoms with Crippen molar-refractivity contribution in [2.75, 3.05) is 17.2 Å². The molecule has 2 heterocycles. The average molecular weight is 301 g/mol. The number of hydrogen-bond donors (Lipinski definition) is 2. The maximum absolute atomic E-state index is 12.3. The molecule has 0 fully saturated rings. The summed E-state index contributed by atoms with van der Waals surface area (Å²) in [5, 5.41) is 9.79. The summed E-state index contributed by atoms with van der Waals surface area (Å²) in [7, 11) is 0. The number of nitrogens with one attached hydrogen (secondary N) is 2. The Morgan fingerprint density at radius 1 is 1.41 bits per heavy atom. The van der Waals surface area contributed by atoms with Crippen LogP contribution in [0.4, 0.5) is 11.5 Å². The predicted octanol–water partition coefficient (Wildman–Crippen LogP) is 2.75. The van der Waals surface area contributed by atoms with Gasteiger partial charge in [0.25, 0.3) is 0 Å². The van der Waals surface area contributed by atoms with Crippen molar-refractivity contribution in [1.29, 1.82) is 0 Å². The van der Waals surface area contributed by atoms with Crippen molar-refractivity contribution in [3.8, 4) is 5.75 Å². The van der Waals surface area contributed by atoms with Gasteiger partial charge in [0.1, 0.15) is 17.6 Å². The van der Waals surface area contributed by atoms with E-state index in [-0.39, 0.29) is 11.9 Å². The molecule has 0 radical (unpaired) electrons. The molecule has 1 aromatic heterocycles. The molecule has 6 nitrogen and oxygen atoms in total. The van der Waals surface area contributed by atoms with E-state index in [9.17, 15) is 4.79 Å². The SMILES string of the molecule is CC[C@@H](Nc1ccc2c(c1)CCO2)C(=O)Nc1cc(C)on1. The summed E-state index contributed by atoms with van der Waals surface area (Å²) in [5.74, 6) is 1.90. The van der Waals surface area contributed by atoms with Crippen molar-refractivity contribution < 1.29 is 14.1 Å². The van der Waals surface area contributed by atoms with Crippen LogP contribution in [-0.2, 0) is 11.2 Å². The third-order valence-electron chi connectivity index (χ3n) is 3.63. The van der Waals surface area contributed by atoms with Gasteiger partial charge < -0.3 is 19.9 Å². The number of aryl methyl sites for hydroxylation is 1. The van der Waals surface area contributed by atoms with Crippen LogP contribution in [0.5, 0.6) is 5.75 Å².